The maximum atomic E-state index is 13.5. The molecule has 1 amide bonds. The van der Waals surface area contributed by atoms with Crippen LogP contribution in [-0.2, 0) is 17.9 Å². The number of hydrogen-bond donors (Lipinski definition) is 1. The van der Waals surface area contributed by atoms with Crippen LogP contribution in [0.25, 0.3) is 10.4 Å². The highest BCUT2D eigenvalue weighted by molar-refractivity contribution is 7.12. The van der Waals surface area contributed by atoms with E-state index in [0.29, 0.717) is 5.56 Å². The van der Waals surface area contributed by atoms with Crippen molar-refractivity contribution >= 4 is 17.2 Å². The molecule has 122 valence electrons. The number of hydrogen-bond acceptors (Lipinski definition) is 3. The molecule has 1 heterocycles. The summed E-state index contributed by atoms with van der Waals surface area (Å²) in [6.07, 6.45) is 1.67. The monoisotopic (exact) mass is 342 g/mol. The molecule has 1 aromatic heterocycles. The van der Waals surface area contributed by atoms with Crippen LogP contribution in [0.5, 0.6) is 0 Å². The molecule has 0 saturated carbocycles. The van der Waals surface area contributed by atoms with Gasteiger partial charge in [0.05, 0.1) is 4.88 Å². The number of halogens is 1. The fourth-order valence-electron chi connectivity index (χ4n) is 2.27. The number of rotatable bonds is 5. The Bertz CT molecular complexity index is 903. The SMILES string of the molecule is O=C(Cn1cc(-c2ccccc2)sc1=O)NCc1ccccc1F. The average molecular weight is 342 g/mol. The van der Waals surface area contributed by atoms with Crippen LogP contribution in [0.3, 0.4) is 0 Å². The number of carbonyl (C=O) groups excluding carboxylic acids is 1. The molecular weight excluding hydrogens is 327 g/mol. The van der Waals surface area contributed by atoms with Crippen molar-refractivity contribution in [3.05, 3.63) is 81.8 Å². The summed E-state index contributed by atoms with van der Waals surface area (Å²) in [5, 5.41) is 2.63. The molecule has 2 aromatic carbocycles. The fraction of sp³-hybridized carbons (Fsp3) is 0.111. The second-order valence-corrected chi connectivity index (χ2v) is 6.22. The van der Waals surface area contributed by atoms with Crippen LogP contribution >= 0.6 is 11.3 Å². The number of thiazole rings is 1. The summed E-state index contributed by atoms with van der Waals surface area (Å²) in [7, 11) is 0. The number of carbonyl (C=O) groups is 1. The first-order valence-electron chi connectivity index (χ1n) is 7.39. The molecule has 0 unspecified atom stereocenters. The number of benzene rings is 2. The quantitative estimate of drug-likeness (QED) is 0.775. The van der Waals surface area contributed by atoms with Gasteiger partial charge >= 0.3 is 4.87 Å². The van der Waals surface area contributed by atoms with Gasteiger partial charge in [0, 0.05) is 18.3 Å². The lowest BCUT2D eigenvalue weighted by molar-refractivity contribution is -0.121. The van der Waals surface area contributed by atoms with Crippen molar-refractivity contribution in [2.24, 2.45) is 0 Å². The first-order valence-corrected chi connectivity index (χ1v) is 8.21. The van der Waals surface area contributed by atoms with Crippen LogP contribution in [0.15, 0.2) is 65.6 Å². The Hall–Kier alpha value is -2.73. The zero-order valence-corrected chi connectivity index (χ0v) is 13.6. The summed E-state index contributed by atoms with van der Waals surface area (Å²) in [4.78, 5) is 24.6. The lowest BCUT2D eigenvalue weighted by Crippen LogP contribution is -2.30. The molecule has 24 heavy (non-hydrogen) atoms. The van der Waals surface area contributed by atoms with Crippen LogP contribution in [0.4, 0.5) is 4.39 Å². The van der Waals surface area contributed by atoms with Gasteiger partial charge in [0.1, 0.15) is 12.4 Å². The third kappa shape index (κ3) is 3.78. The molecule has 0 aliphatic carbocycles. The Morgan fingerprint density at radius 2 is 1.79 bits per heavy atom. The Balaban J connectivity index is 1.66. The van der Waals surface area contributed by atoms with Crippen LogP contribution < -0.4 is 10.2 Å². The number of aromatic nitrogens is 1. The van der Waals surface area contributed by atoms with Gasteiger partial charge in [-0.3, -0.25) is 14.2 Å². The minimum Gasteiger partial charge on any atom is -0.350 e. The largest absolute Gasteiger partial charge is 0.350 e. The molecule has 0 atom stereocenters. The molecular formula is C18H15FN2O2S. The molecule has 0 saturated heterocycles. The normalized spacial score (nSPS) is 10.5. The van der Waals surface area contributed by atoms with Gasteiger partial charge in [0.2, 0.25) is 5.91 Å². The summed E-state index contributed by atoms with van der Waals surface area (Å²) in [5.74, 6) is -0.699. The van der Waals surface area contributed by atoms with E-state index in [2.05, 4.69) is 5.32 Å². The molecule has 0 radical (unpaired) electrons. The minimum absolute atomic E-state index is 0.0867. The zero-order chi connectivity index (χ0) is 16.9. The van der Waals surface area contributed by atoms with Gasteiger partial charge in [0.15, 0.2) is 0 Å². The van der Waals surface area contributed by atoms with E-state index < -0.39 is 0 Å². The molecule has 3 rings (SSSR count). The minimum atomic E-state index is -0.364. The van der Waals surface area contributed by atoms with Crippen molar-refractivity contribution < 1.29 is 9.18 Å². The standard InChI is InChI=1S/C18H15FN2O2S/c19-15-9-5-4-8-14(15)10-20-17(22)12-21-11-16(24-18(21)23)13-6-2-1-3-7-13/h1-9,11H,10,12H2,(H,20,22). The van der Waals surface area contributed by atoms with Crippen LogP contribution in [0.1, 0.15) is 5.56 Å². The molecule has 0 spiro atoms. The van der Waals surface area contributed by atoms with Gasteiger partial charge in [-0.2, -0.15) is 0 Å². The first kappa shape index (κ1) is 16.1. The van der Waals surface area contributed by atoms with E-state index in [1.807, 2.05) is 30.3 Å². The van der Waals surface area contributed by atoms with Crippen molar-refractivity contribution in [2.45, 2.75) is 13.1 Å². The van der Waals surface area contributed by atoms with Gasteiger partial charge < -0.3 is 5.32 Å². The lowest BCUT2D eigenvalue weighted by Gasteiger charge is -2.06. The Kier molecular flexibility index (Phi) is 4.86. The van der Waals surface area contributed by atoms with Gasteiger partial charge in [-0.1, -0.05) is 59.9 Å². The molecule has 0 aliphatic heterocycles. The molecule has 0 bridgehead atoms. The second-order valence-electron chi connectivity index (χ2n) is 5.22. The van der Waals surface area contributed by atoms with Crippen molar-refractivity contribution in [1.82, 2.24) is 9.88 Å². The van der Waals surface area contributed by atoms with Gasteiger partial charge in [-0.15, -0.1) is 0 Å². The Morgan fingerprint density at radius 3 is 2.54 bits per heavy atom. The van der Waals surface area contributed by atoms with E-state index >= 15 is 0 Å². The number of nitrogens with zero attached hydrogens (tertiary/aromatic N) is 1. The molecule has 3 aromatic rings. The first-order chi connectivity index (χ1) is 11.6. The predicted octanol–water partition coefficient (Wildman–Crippen LogP) is 3.03. The zero-order valence-electron chi connectivity index (χ0n) is 12.7. The smallest absolute Gasteiger partial charge is 0.308 e. The summed E-state index contributed by atoms with van der Waals surface area (Å²) < 4.78 is 14.9. The molecule has 6 heteroatoms. The van der Waals surface area contributed by atoms with E-state index in [4.69, 9.17) is 0 Å². The second kappa shape index (κ2) is 7.23. The van der Waals surface area contributed by atoms with E-state index in [1.165, 1.54) is 10.6 Å². The highest BCUT2D eigenvalue weighted by atomic mass is 32.1. The van der Waals surface area contributed by atoms with Crippen LogP contribution in [0, 0.1) is 5.82 Å². The summed E-state index contributed by atoms with van der Waals surface area (Å²) in [6.45, 7) is 0.00650. The molecule has 0 aliphatic rings. The topological polar surface area (TPSA) is 51.1 Å². The van der Waals surface area contributed by atoms with Crippen LogP contribution in [0.2, 0.25) is 0 Å². The van der Waals surface area contributed by atoms with Crippen LogP contribution in [-0.4, -0.2) is 10.5 Å². The maximum absolute atomic E-state index is 13.5. The maximum Gasteiger partial charge on any atom is 0.308 e. The van der Waals surface area contributed by atoms with Gasteiger partial charge in [-0.05, 0) is 11.6 Å². The van der Waals surface area contributed by atoms with Crippen molar-refractivity contribution in [1.29, 1.82) is 0 Å². The molecule has 1 N–H and O–H groups in total. The fourth-order valence-corrected chi connectivity index (χ4v) is 3.12. The number of nitrogens with one attached hydrogen (secondary N) is 1. The summed E-state index contributed by atoms with van der Waals surface area (Å²) >= 11 is 1.09. The lowest BCUT2D eigenvalue weighted by atomic mass is 10.2. The third-order valence-corrected chi connectivity index (χ3v) is 4.48. The average Bonchev–Trinajstić information content (AvgIpc) is 2.96. The summed E-state index contributed by atoms with van der Waals surface area (Å²) in [5.41, 5.74) is 1.35. The van der Waals surface area contributed by atoms with E-state index in [1.54, 1.807) is 24.4 Å². The van der Waals surface area contributed by atoms with Gasteiger partial charge in [-0.25, -0.2) is 4.39 Å². The van der Waals surface area contributed by atoms with Crippen molar-refractivity contribution in [3.63, 3.8) is 0 Å². The highest BCUT2D eigenvalue weighted by Gasteiger charge is 2.10. The highest BCUT2D eigenvalue weighted by Crippen LogP contribution is 2.21. The molecule has 4 nitrogen and oxygen atoms in total. The van der Waals surface area contributed by atoms with E-state index in [9.17, 15) is 14.0 Å². The van der Waals surface area contributed by atoms with Gasteiger partial charge in [0.25, 0.3) is 0 Å². The van der Waals surface area contributed by atoms with Crippen molar-refractivity contribution in [2.75, 3.05) is 0 Å². The Morgan fingerprint density at radius 1 is 1.08 bits per heavy atom. The third-order valence-electron chi connectivity index (χ3n) is 3.51. The predicted molar refractivity (Wildman–Crippen MR) is 92.3 cm³/mol. The van der Waals surface area contributed by atoms with Crippen molar-refractivity contribution in [3.8, 4) is 10.4 Å². The van der Waals surface area contributed by atoms with E-state index in [-0.39, 0.29) is 29.7 Å². The Labute approximate surface area is 142 Å². The van der Waals surface area contributed by atoms with E-state index in [0.717, 1.165) is 21.8 Å². The summed E-state index contributed by atoms with van der Waals surface area (Å²) in [6, 6.07) is 15.8. The number of amides is 1. The molecule has 0 fully saturated rings.